The summed E-state index contributed by atoms with van der Waals surface area (Å²) < 4.78 is 11.3. The molecule has 0 bridgehead atoms. The van der Waals surface area contributed by atoms with Gasteiger partial charge in [0.15, 0.2) is 0 Å². The summed E-state index contributed by atoms with van der Waals surface area (Å²) in [6.07, 6.45) is 3.19. The third kappa shape index (κ3) is 4.75. The van der Waals surface area contributed by atoms with Crippen molar-refractivity contribution in [2.75, 3.05) is 6.54 Å². The molecular formula is C19H24ClN3O3. The van der Waals surface area contributed by atoms with E-state index in [9.17, 15) is 4.79 Å². The van der Waals surface area contributed by atoms with Gasteiger partial charge in [-0.25, -0.2) is 4.79 Å². The quantitative estimate of drug-likeness (QED) is 0.773. The minimum absolute atomic E-state index is 0.00580. The molecule has 7 heteroatoms. The zero-order chi connectivity index (χ0) is 18.7. The molecule has 140 valence electrons. The topological polar surface area (TPSA) is 68.5 Å². The number of carbonyl (C=O) groups excluding carboxylic acids is 1. The van der Waals surface area contributed by atoms with Gasteiger partial charge in [0.25, 0.3) is 0 Å². The molecule has 1 aliphatic rings. The first-order valence-corrected chi connectivity index (χ1v) is 9.27. The second-order valence-corrected chi connectivity index (χ2v) is 7.98. The number of likely N-dealkylation sites (tertiary alicyclic amines) is 1. The van der Waals surface area contributed by atoms with Gasteiger partial charge < -0.3 is 14.1 Å². The predicted octanol–water partition coefficient (Wildman–Crippen LogP) is 4.72. The van der Waals surface area contributed by atoms with Crippen LogP contribution in [0.1, 0.15) is 45.9 Å². The van der Waals surface area contributed by atoms with Crippen LogP contribution in [0.4, 0.5) is 4.79 Å². The van der Waals surface area contributed by atoms with Crippen LogP contribution < -0.4 is 0 Å². The zero-order valence-corrected chi connectivity index (χ0v) is 16.1. The maximum atomic E-state index is 12.5. The first-order valence-electron chi connectivity index (χ1n) is 8.90. The number of nitrogens with zero attached hydrogens (tertiary/aromatic N) is 3. The number of hydrogen-bond acceptors (Lipinski definition) is 5. The van der Waals surface area contributed by atoms with E-state index in [1.54, 1.807) is 17.0 Å². The van der Waals surface area contributed by atoms with Gasteiger partial charge in [0.1, 0.15) is 5.60 Å². The van der Waals surface area contributed by atoms with Crippen molar-refractivity contribution in [2.45, 2.75) is 58.1 Å². The van der Waals surface area contributed by atoms with Gasteiger partial charge in [-0.3, -0.25) is 0 Å². The van der Waals surface area contributed by atoms with Crippen molar-refractivity contribution in [3.8, 4) is 11.5 Å². The van der Waals surface area contributed by atoms with Gasteiger partial charge in [0.05, 0.1) is 0 Å². The molecule has 0 N–H and O–H groups in total. The van der Waals surface area contributed by atoms with Crippen molar-refractivity contribution in [3.05, 3.63) is 35.2 Å². The van der Waals surface area contributed by atoms with E-state index in [1.807, 2.05) is 32.9 Å². The average Bonchev–Trinajstić information content (AvgIpc) is 3.02. The van der Waals surface area contributed by atoms with E-state index in [2.05, 4.69) is 10.2 Å². The number of halogens is 1. The van der Waals surface area contributed by atoms with Crippen LogP contribution in [-0.4, -0.2) is 39.4 Å². The normalized spacial score (nSPS) is 18.0. The Hall–Kier alpha value is -2.08. The molecule has 0 spiro atoms. The van der Waals surface area contributed by atoms with E-state index in [0.29, 0.717) is 29.8 Å². The van der Waals surface area contributed by atoms with E-state index in [-0.39, 0.29) is 12.1 Å². The summed E-state index contributed by atoms with van der Waals surface area (Å²) in [5, 5.41) is 8.87. The zero-order valence-electron chi connectivity index (χ0n) is 15.4. The highest BCUT2D eigenvalue weighted by atomic mass is 35.5. The summed E-state index contributed by atoms with van der Waals surface area (Å²) in [6, 6.07) is 7.30. The van der Waals surface area contributed by atoms with Crippen molar-refractivity contribution in [1.29, 1.82) is 0 Å². The van der Waals surface area contributed by atoms with Crippen molar-refractivity contribution < 1.29 is 13.9 Å². The number of hydrogen-bond donors (Lipinski definition) is 0. The van der Waals surface area contributed by atoms with Crippen LogP contribution in [-0.2, 0) is 11.2 Å². The monoisotopic (exact) mass is 377 g/mol. The second kappa shape index (κ2) is 7.66. The second-order valence-electron chi connectivity index (χ2n) is 7.54. The highest BCUT2D eigenvalue weighted by molar-refractivity contribution is 6.30. The van der Waals surface area contributed by atoms with Gasteiger partial charge in [-0.05, 0) is 58.2 Å². The van der Waals surface area contributed by atoms with Crippen LogP contribution in [0.2, 0.25) is 5.02 Å². The van der Waals surface area contributed by atoms with E-state index in [0.717, 1.165) is 24.8 Å². The minimum atomic E-state index is -0.511. The molecule has 1 saturated heterocycles. The van der Waals surface area contributed by atoms with Crippen molar-refractivity contribution >= 4 is 17.7 Å². The lowest BCUT2D eigenvalue weighted by atomic mass is 10.00. The first-order chi connectivity index (χ1) is 12.3. The van der Waals surface area contributed by atoms with Crippen LogP contribution in [0, 0.1) is 0 Å². The highest BCUT2D eigenvalue weighted by Crippen LogP contribution is 2.25. The van der Waals surface area contributed by atoms with Gasteiger partial charge in [-0.2, -0.15) is 0 Å². The summed E-state index contributed by atoms with van der Waals surface area (Å²) in [5.41, 5.74) is 0.271. The Bertz CT molecular complexity index is 769. The van der Waals surface area contributed by atoms with E-state index in [1.165, 1.54) is 0 Å². The van der Waals surface area contributed by atoms with Crippen LogP contribution >= 0.6 is 11.6 Å². The molecule has 1 unspecified atom stereocenters. The Morgan fingerprint density at radius 3 is 2.88 bits per heavy atom. The Balaban J connectivity index is 1.71. The molecule has 1 amide bonds. The lowest BCUT2D eigenvalue weighted by Gasteiger charge is -2.36. The molecule has 0 saturated carbocycles. The predicted molar refractivity (Wildman–Crippen MR) is 99.0 cm³/mol. The number of ether oxygens (including phenoxy) is 1. The Kier molecular flexibility index (Phi) is 5.51. The van der Waals surface area contributed by atoms with Crippen molar-refractivity contribution in [2.24, 2.45) is 0 Å². The smallest absolute Gasteiger partial charge is 0.410 e. The van der Waals surface area contributed by atoms with E-state index < -0.39 is 5.60 Å². The maximum absolute atomic E-state index is 12.5. The molecule has 1 atom stereocenters. The fourth-order valence-electron chi connectivity index (χ4n) is 3.05. The summed E-state index contributed by atoms with van der Waals surface area (Å²) >= 11 is 6.02. The Labute approximate surface area is 158 Å². The highest BCUT2D eigenvalue weighted by Gasteiger charge is 2.31. The molecule has 2 heterocycles. The Morgan fingerprint density at radius 2 is 2.15 bits per heavy atom. The van der Waals surface area contributed by atoms with Gasteiger partial charge in [0, 0.05) is 29.6 Å². The van der Waals surface area contributed by atoms with Gasteiger partial charge in [-0.1, -0.05) is 17.7 Å². The van der Waals surface area contributed by atoms with Crippen molar-refractivity contribution in [1.82, 2.24) is 15.1 Å². The van der Waals surface area contributed by atoms with E-state index >= 15 is 0 Å². The van der Waals surface area contributed by atoms with Gasteiger partial charge >= 0.3 is 6.09 Å². The molecule has 26 heavy (non-hydrogen) atoms. The first kappa shape index (κ1) is 18.7. The van der Waals surface area contributed by atoms with E-state index in [4.69, 9.17) is 20.8 Å². The molecule has 2 aromatic rings. The average molecular weight is 378 g/mol. The summed E-state index contributed by atoms with van der Waals surface area (Å²) in [4.78, 5) is 14.3. The summed E-state index contributed by atoms with van der Waals surface area (Å²) in [6.45, 7) is 6.31. The fraction of sp³-hybridized carbons (Fsp3) is 0.526. The van der Waals surface area contributed by atoms with Crippen LogP contribution in [0.5, 0.6) is 0 Å². The Morgan fingerprint density at radius 1 is 1.35 bits per heavy atom. The van der Waals surface area contributed by atoms with Crippen LogP contribution in [0.3, 0.4) is 0 Å². The number of carbonyl (C=O) groups is 1. The largest absolute Gasteiger partial charge is 0.444 e. The molecule has 1 fully saturated rings. The maximum Gasteiger partial charge on any atom is 0.410 e. The lowest BCUT2D eigenvalue weighted by Crippen LogP contribution is -2.47. The molecule has 1 aliphatic heterocycles. The SMILES string of the molecule is CC(C)(C)OC(=O)N1CCCCC1Cc1nnc(-c2cccc(Cl)c2)o1. The summed E-state index contributed by atoms with van der Waals surface area (Å²) in [7, 11) is 0. The molecule has 0 radical (unpaired) electrons. The molecule has 0 aliphatic carbocycles. The third-order valence-electron chi connectivity index (χ3n) is 4.20. The standard InChI is InChI=1S/C19H24ClN3O3/c1-19(2,3)26-18(24)23-10-5-4-9-15(23)12-16-21-22-17(25-16)13-7-6-8-14(20)11-13/h6-8,11,15H,4-5,9-10,12H2,1-3H3. The lowest BCUT2D eigenvalue weighted by molar-refractivity contribution is 0.00932. The van der Waals surface area contributed by atoms with Crippen LogP contribution in [0.25, 0.3) is 11.5 Å². The minimum Gasteiger partial charge on any atom is -0.444 e. The van der Waals surface area contributed by atoms with Crippen molar-refractivity contribution in [3.63, 3.8) is 0 Å². The van der Waals surface area contributed by atoms with Crippen LogP contribution in [0.15, 0.2) is 28.7 Å². The number of amides is 1. The number of aromatic nitrogens is 2. The third-order valence-corrected chi connectivity index (χ3v) is 4.44. The fourth-order valence-corrected chi connectivity index (χ4v) is 3.24. The molecular weight excluding hydrogens is 354 g/mol. The summed E-state index contributed by atoms with van der Waals surface area (Å²) in [5.74, 6) is 0.947. The number of benzene rings is 1. The molecule has 1 aromatic heterocycles. The molecule has 3 rings (SSSR count). The van der Waals surface area contributed by atoms with Gasteiger partial charge in [-0.15, -0.1) is 10.2 Å². The number of piperidine rings is 1. The molecule has 6 nitrogen and oxygen atoms in total. The molecule has 1 aromatic carbocycles. The number of rotatable bonds is 3. The van der Waals surface area contributed by atoms with Gasteiger partial charge in [0.2, 0.25) is 11.8 Å².